The second-order valence-electron chi connectivity index (χ2n) is 4.10. The molecule has 15 heavy (non-hydrogen) atoms. The summed E-state index contributed by atoms with van der Waals surface area (Å²) in [6.45, 7) is 1.88. The Morgan fingerprint density at radius 3 is 2.87 bits per heavy atom. The lowest BCUT2D eigenvalue weighted by atomic mass is 9.94. The SMILES string of the molecule is C.FC(F)=C1CN2CCC[C@@]2(COP)C1. The van der Waals surface area contributed by atoms with Crippen molar-refractivity contribution in [3.8, 4) is 0 Å². The standard InChI is InChI=1S/C9H14F2NOP.CH4/c10-8(11)7-4-9(6-13-14)2-1-3-12(9)5-7;/h1-6,14H2;1H4/t9-;/m0./s1. The molecule has 2 aliphatic rings. The van der Waals surface area contributed by atoms with Gasteiger partial charge in [0.25, 0.3) is 6.08 Å². The van der Waals surface area contributed by atoms with Gasteiger partial charge in [0.2, 0.25) is 0 Å². The van der Waals surface area contributed by atoms with Crippen molar-refractivity contribution in [2.75, 3.05) is 19.7 Å². The van der Waals surface area contributed by atoms with E-state index in [1.165, 1.54) is 0 Å². The molecular weight excluding hydrogens is 219 g/mol. The summed E-state index contributed by atoms with van der Waals surface area (Å²) in [7, 11) is 2.21. The van der Waals surface area contributed by atoms with Gasteiger partial charge in [-0.1, -0.05) is 7.43 Å². The molecule has 0 spiro atoms. The van der Waals surface area contributed by atoms with Gasteiger partial charge in [-0.15, -0.1) is 0 Å². The molecule has 0 N–H and O–H groups in total. The van der Waals surface area contributed by atoms with Crippen LogP contribution in [0.4, 0.5) is 8.78 Å². The van der Waals surface area contributed by atoms with Crippen LogP contribution in [0.2, 0.25) is 0 Å². The van der Waals surface area contributed by atoms with Gasteiger partial charge in [-0.05, 0) is 25.8 Å². The Morgan fingerprint density at radius 2 is 2.27 bits per heavy atom. The van der Waals surface area contributed by atoms with Gasteiger partial charge in [0.1, 0.15) is 0 Å². The van der Waals surface area contributed by atoms with E-state index in [2.05, 4.69) is 14.4 Å². The quantitative estimate of drug-likeness (QED) is 0.685. The second-order valence-corrected chi connectivity index (χ2v) is 4.43. The number of hydrogen-bond donors (Lipinski definition) is 0. The van der Waals surface area contributed by atoms with Crippen LogP contribution in [0.25, 0.3) is 0 Å². The minimum absolute atomic E-state index is 0. The maximum atomic E-state index is 12.5. The molecule has 0 aromatic rings. The molecule has 2 heterocycles. The third-order valence-corrected chi connectivity index (χ3v) is 3.45. The van der Waals surface area contributed by atoms with Crippen LogP contribution in [0.3, 0.4) is 0 Å². The topological polar surface area (TPSA) is 12.5 Å². The molecule has 0 bridgehead atoms. The molecule has 2 aliphatic heterocycles. The summed E-state index contributed by atoms with van der Waals surface area (Å²) in [6.07, 6.45) is 1.04. The number of rotatable bonds is 2. The van der Waals surface area contributed by atoms with Crippen molar-refractivity contribution in [2.45, 2.75) is 32.2 Å². The van der Waals surface area contributed by atoms with Crippen LogP contribution in [0.1, 0.15) is 26.7 Å². The molecule has 2 atom stereocenters. The average molecular weight is 237 g/mol. The maximum absolute atomic E-state index is 12.5. The molecule has 2 rings (SSSR count). The molecule has 0 aromatic heterocycles. The highest BCUT2D eigenvalue weighted by atomic mass is 31.0. The van der Waals surface area contributed by atoms with Crippen LogP contribution in [-0.2, 0) is 4.52 Å². The molecule has 2 nitrogen and oxygen atoms in total. The predicted octanol–water partition coefficient (Wildman–Crippen LogP) is 2.82. The van der Waals surface area contributed by atoms with Crippen LogP contribution in [0.15, 0.2) is 11.7 Å². The fourth-order valence-electron chi connectivity index (χ4n) is 2.62. The van der Waals surface area contributed by atoms with E-state index >= 15 is 0 Å². The first-order valence-electron chi connectivity index (χ1n) is 4.78. The van der Waals surface area contributed by atoms with E-state index in [1.54, 1.807) is 0 Å². The lowest BCUT2D eigenvalue weighted by molar-refractivity contribution is 0.126. The third-order valence-electron chi connectivity index (χ3n) is 3.28. The van der Waals surface area contributed by atoms with Crippen molar-refractivity contribution in [3.05, 3.63) is 11.7 Å². The smallest absolute Gasteiger partial charge is 0.270 e. The van der Waals surface area contributed by atoms with E-state index in [0.717, 1.165) is 19.4 Å². The van der Waals surface area contributed by atoms with Crippen molar-refractivity contribution in [3.63, 3.8) is 0 Å². The highest BCUT2D eigenvalue weighted by molar-refractivity contribution is 7.09. The van der Waals surface area contributed by atoms with Gasteiger partial charge in [-0.2, -0.15) is 8.78 Å². The maximum Gasteiger partial charge on any atom is 0.270 e. The zero-order valence-corrected chi connectivity index (χ0v) is 9.09. The number of fused-ring (bicyclic) bond motifs is 1. The molecule has 0 aromatic carbocycles. The van der Waals surface area contributed by atoms with Crippen molar-refractivity contribution >= 4 is 9.47 Å². The highest BCUT2D eigenvalue weighted by Gasteiger charge is 2.47. The lowest BCUT2D eigenvalue weighted by Gasteiger charge is -2.30. The Balaban J connectivity index is 0.00000112. The molecule has 0 aliphatic carbocycles. The summed E-state index contributed by atoms with van der Waals surface area (Å²) >= 11 is 0. The summed E-state index contributed by atoms with van der Waals surface area (Å²) < 4.78 is 30.0. The van der Waals surface area contributed by atoms with E-state index in [1.807, 2.05) is 0 Å². The fraction of sp³-hybridized carbons (Fsp3) is 0.800. The Bertz CT molecular complexity index is 268. The third kappa shape index (κ3) is 2.22. The summed E-state index contributed by atoms with van der Waals surface area (Å²) in [5.41, 5.74) is 0.160. The van der Waals surface area contributed by atoms with Crippen LogP contribution >= 0.6 is 9.47 Å². The second kappa shape index (κ2) is 4.86. The van der Waals surface area contributed by atoms with Crippen LogP contribution in [0.5, 0.6) is 0 Å². The minimum Gasteiger partial charge on any atom is -0.364 e. The number of nitrogens with zero attached hydrogens (tertiary/aromatic N) is 1. The van der Waals surface area contributed by atoms with Gasteiger partial charge >= 0.3 is 0 Å². The highest BCUT2D eigenvalue weighted by Crippen LogP contribution is 2.42. The summed E-state index contributed by atoms with van der Waals surface area (Å²) in [5.74, 6) is 0. The van der Waals surface area contributed by atoms with Gasteiger partial charge in [0, 0.05) is 27.1 Å². The molecule has 0 saturated carbocycles. The first-order valence-corrected chi connectivity index (χ1v) is 5.25. The van der Waals surface area contributed by atoms with Crippen molar-refractivity contribution in [1.29, 1.82) is 0 Å². The molecule has 5 heteroatoms. The van der Waals surface area contributed by atoms with E-state index in [-0.39, 0.29) is 13.0 Å². The predicted molar refractivity (Wildman–Crippen MR) is 59.8 cm³/mol. The van der Waals surface area contributed by atoms with Crippen molar-refractivity contribution < 1.29 is 13.3 Å². The van der Waals surface area contributed by atoms with Gasteiger partial charge in [0.15, 0.2) is 0 Å². The molecule has 0 amide bonds. The summed E-state index contributed by atoms with van der Waals surface area (Å²) in [6, 6.07) is 0. The molecular formula is C10H18F2NOP. The Hall–Kier alpha value is -0.0500. The van der Waals surface area contributed by atoms with Gasteiger partial charge in [-0.25, -0.2) is 0 Å². The molecule has 2 fully saturated rings. The first-order chi connectivity index (χ1) is 6.68. The Kier molecular flexibility index (Phi) is 4.21. The molecule has 88 valence electrons. The molecule has 0 radical (unpaired) electrons. The number of halogens is 2. The first kappa shape index (κ1) is 13.0. The van der Waals surface area contributed by atoms with E-state index < -0.39 is 6.08 Å². The van der Waals surface area contributed by atoms with E-state index in [0.29, 0.717) is 25.1 Å². The average Bonchev–Trinajstić information content (AvgIpc) is 2.60. The lowest BCUT2D eigenvalue weighted by Crippen LogP contribution is -2.41. The van der Waals surface area contributed by atoms with Crippen molar-refractivity contribution in [2.24, 2.45) is 0 Å². The normalized spacial score (nSPS) is 30.2. The number of hydrogen-bond acceptors (Lipinski definition) is 2. The van der Waals surface area contributed by atoms with Gasteiger partial charge in [-0.3, -0.25) is 4.90 Å². The van der Waals surface area contributed by atoms with Crippen LogP contribution in [-0.4, -0.2) is 30.1 Å². The van der Waals surface area contributed by atoms with E-state index in [9.17, 15) is 8.78 Å². The van der Waals surface area contributed by atoms with Crippen LogP contribution < -0.4 is 0 Å². The Morgan fingerprint density at radius 1 is 1.53 bits per heavy atom. The molecule has 2 saturated heterocycles. The zero-order chi connectivity index (χ0) is 10.2. The minimum atomic E-state index is -1.50. The Labute approximate surface area is 91.9 Å². The fourth-order valence-corrected chi connectivity index (χ4v) is 2.93. The van der Waals surface area contributed by atoms with Crippen LogP contribution in [0, 0.1) is 0 Å². The summed E-state index contributed by atoms with van der Waals surface area (Å²) in [4.78, 5) is 2.13. The summed E-state index contributed by atoms with van der Waals surface area (Å²) in [5, 5.41) is 0. The van der Waals surface area contributed by atoms with Gasteiger partial charge < -0.3 is 4.52 Å². The molecule has 1 unspecified atom stereocenters. The largest absolute Gasteiger partial charge is 0.364 e. The monoisotopic (exact) mass is 237 g/mol. The van der Waals surface area contributed by atoms with E-state index in [4.69, 9.17) is 4.52 Å². The van der Waals surface area contributed by atoms with Gasteiger partial charge in [0.05, 0.1) is 6.61 Å². The zero-order valence-electron chi connectivity index (χ0n) is 7.93. The van der Waals surface area contributed by atoms with Crippen molar-refractivity contribution in [1.82, 2.24) is 4.90 Å².